The van der Waals surface area contributed by atoms with E-state index in [1.54, 1.807) is 24.1 Å². The molecule has 0 unspecified atom stereocenters. The average molecular weight is 400 g/mol. The fraction of sp³-hybridized carbons (Fsp3) is 0.333. The number of carbonyl (C=O) groups is 2. The third kappa shape index (κ3) is 2.93. The summed E-state index contributed by atoms with van der Waals surface area (Å²) in [5, 5.41) is 2.29. The van der Waals surface area contributed by atoms with Gasteiger partial charge in [0, 0.05) is 31.4 Å². The molecule has 2 aromatic carbocycles. The van der Waals surface area contributed by atoms with Gasteiger partial charge in [-0.1, -0.05) is 23.7 Å². The molecular formula is C21H22ClN3O3. The quantitative estimate of drug-likeness (QED) is 0.738. The van der Waals surface area contributed by atoms with Crippen LogP contribution in [0.25, 0.3) is 0 Å². The average Bonchev–Trinajstić information content (AvgIpc) is 3.19. The standard InChI is InChI=1S/C21H22ClN3O3/c1-4-24-20(26)17-18(13-5-9-15(10-6-13)23(2)3)25(28-19(17)21(24)27)16-11-7-14(22)8-12-16/h5-12,17-19H,4H2,1-3H3/t17-,18+,19-/m0/s1. The van der Waals surface area contributed by atoms with E-state index in [0.29, 0.717) is 11.6 Å². The summed E-state index contributed by atoms with van der Waals surface area (Å²) in [6, 6.07) is 14.8. The maximum absolute atomic E-state index is 13.0. The summed E-state index contributed by atoms with van der Waals surface area (Å²) in [7, 11) is 3.95. The normalized spacial score (nSPS) is 24.1. The molecule has 0 aliphatic carbocycles. The first kappa shape index (κ1) is 18.8. The first-order valence-corrected chi connectivity index (χ1v) is 9.64. The number of benzene rings is 2. The number of hydrogen-bond acceptors (Lipinski definition) is 5. The lowest BCUT2D eigenvalue weighted by Crippen LogP contribution is -2.37. The van der Waals surface area contributed by atoms with Gasteiger partial charge >= 0.3 is 0 Å². The minimum atomic E-state index is -0.804. The Morgan fingerprint density at radius 3 is 2.21 bits per heavy atom. The van der Waals surface area contributed by atoms with Crippen LogP contribution in [0.5, 0.6) is 0 Å². The highest BCUT2D eigenvalue weighted by Gasteiger charge is 2.59. The molecule has 2 aromatic rings. The zero-order chi connectivity index (χ0) is 20.0. The molecule has 2 amide bonds. The predicted molar refractivity (Wildman–Crippen MR) is 108 cm³/mol. The van der Waals surface area contributed by atoms with Gasteiger partial charge in [0.25, 0.3) is 5.91 Å². The molecule has 0 N–H and O–H groups in total. The van der Waals surface area contributed by atoms with Gasteiger partial charge in [-0.15, -0.1) is 0 Å². The van der Waals surface area contributed by atoms with Crippen LogP contribution < -0.4 is 9.96 Å². The third-order valence-corrected chi connectivity index (χ3v) is 5.61. The van der Waals surface area contributed by atoms with Crippen LogP contribution in [0.2, 0.25) is 5.02 Å². The second kappa shape index (κ2) is 7.11. The van der Waals surface area contributed by atoms with E-state index in [9.17, 15) is 9.59 Å². The van der Waals surface area contributed by atoms with Crippen molar-refractivity contribution in [3.8, 4) is 0 Å². The number of amides is 2. The molecule has 2 aliphatic rings. The van der Waals surface area contributed by atoms with Crippen LogP contribution in [-0.2, 0) is 14.4 Å². The maximum Gasteiger partial charge on any atom is 0.261 e. The van der Waals surface area contributed by atoms with Gasteiger partial charge in [-0.25, -0.2) is 5.06 Å². The van der Waals surface area contributed by atoms with E-state index in [1.807, 2.05) is 55.4 Å². The van der Waals surface area contributed by atoms with Crippen molar-refractivity contribution in [1.82, 2.24) is 4.90 Å². The molecule has 3 atom stereocenters. The van der Waals surface area contributed by atoms with E-state index in [1.165, 1.54) is 4.90 Å². The predicted octanol–water partition coefficient (Wildman–Crippen LogP) is 3.27. The third-order valence-electron chi connectivity index (χ3n) is 5.36. The number of likely N-dealkylation sites (N-methyl/N-ethyl adjacent to an activating group) is 1. The summed E-state index contributed by atoms with van der Waals surface area (Å²) in [4.78, 5) is 35.0. The summed E-state index contributed by atoms with van der Waals surface area (Å²) >= 11 is 6.02. The molecule has 0 spiro atoms. The van der Waals surface area contributed by atoms with Gasteiger partial charge in [-0.3, -0.25) is 19.3 Å². The Balaban J connectivity index is 1.77. The van der Waals surface area contributed by atoms with Gasteiger partial charge in [0.1, 0.15) is 5.92 Å². The van der Waals surface area contributed by atoms with E-state index >= 15 is 0 Å². The van der Waals surface area contributed by atoms with E-state index in [4.69, 9.17) is 16.4 Å². The molecule has 2 aliphatic heterocycles. The Kier molecular flexibility index (Phi) is 4.77. The second-order valence-electron chi connectivity index (χ2n) is 7.21. The van der Waals surface area contributed by atoms with E-state index in [-0.39, 0.29) is 11.8 Å². The van der Waals surface area contributed by atoms with Crippen LogP contribution in [-0.4, -0.2) is 43.5 Å². The molecule has 28 heavy (non-hydrogen) atoms. The van der Waals surface area contributed by atoms with Crippen molar-refractivity contribution < 1.29 is 14.4 Å². The Bertz CT molecular complexity index is 898. The first-order chi connectivity index (χ1) is 13.4. The number of nitrogens with zero attached hydrogens (tertiary/aromatic N) is 3. The van der Waals surface area contributed by atoms with Crippen LogP contribution in [0, 0.1) is 5.92 Å². The number of anilines is 2. The molecule has 2 fully saturated rings. The first-order valence-electron chi connectivity index (χ1n) is 9.26. The lowest BCUT2D eigenvalue weighted by Gasteiger charge is -2.29. The highest BCUT2D eigenvalue weighted by atomic mass is 35.5. The number of hydrogen-bond donors (Lipinski definition) is 0. The van der Waals surface area contributed by atoms with Crippen molar-refractivity contribution in [3.05, 3.63) is 59.1 Å². The van der Waals surface area contributed by atoms with Gasteiger partial charge in [-0.2, -0.15) is 0 Å². The number of rotatable bonds is 4. The van der Waals surface area contributed by atoms with Crippen LogP contribution in [0.4, 0.5) is 11.4 Å². The zero-order valence-electron chi connectivity index (χ0n) is 16.0. The molecule has 6 nitrogen and oxygen atoms in total. The van der Waals surface area contributed by atoms with E-state index in [0.717, 1.165) is 16.9 Å². The largest absolute Gasteiger partial charge is 0.378 e. The molecule has 0 bridgehead atoms. The van der Waals surface area contributed by atoms with Crippen LogP contribution >= 0.6 is 11.6 Å². The number of halogens is 1. The number of imide groups is 1. The fourth-order valence-corrected chi connectivity index (χ4v) is 4.03. The van der Waals surface area contributed by atoms with Crippen LogP contribution in [0.1, 0.15) is 18.5 Å². The molecule has 146 valence electrons. The number of fused-ring (bicyclic) bond motifs is 1. The maximum atomic E-state index is 13.0. The molecule has 2 heterocycles. The van der Waals surface area contributed by atoms with Crippen molar-refractivity contribution in [2.45, 2.75) is 19.1 Å². The zero-order valence-corrected chi connectivity index (χ0v) is 16.8. The van der Waals surface area contributed by atoms with E-state index < -0.39 is 18.1 Å². The van der Waals surface area contributed by atoms with Crippen molar-refractivity contribution in [2.24, 2.45) is 5.92 Å². The Morgan fingerprint density at radius 1 is 1.00 bits per heavy atom. The summed E-state index contributed by atoms with van der Waals surface area (Å²) in [6.45, 7) is 2.15. The van der Waals surface area contributed by atoms with Crippen molar-refractivity contribution in [3.63, 3.8) is 0 Å². The molecule has 4 rings (SSSR count). The SMILES string of the molecule is CCN1C(=O)[C@@H]2[C@H](ON(c3ccc(Cl)cc3)[C@@H]2c2ccc(N(C)C)cc2)C1=O. The van der Waals surface area contributed by atoms with Gasteiger partial charge in [0.05, 0.1) is 11.7 Å². The summed E-state index contributed by atoms with van der Waals surface area (Å²) in [5.41, 5.74) is 2.73. The van der Waals surface area contributed by atoms with Gasteiger partial charge in [-0.05, 0) is 48.9 Å². The van der Waals surface area contributed by atoms with Gasteiger partial charge in [0.2, 0.25) is 5.91 Å². The van der Waals surface area contributed by atoms with Crippen LogP contribution in [0.3, 0.4) is 0 Å². The van der Waals surface area contributed by atoms with Crippen molar-refractivity contribution >= 4 is 34.8 Å². The van der Waals surface area contributed by atoms with Gasteiger partial charge in [0.15, 0.2) is 6.10 Å². The van der Waals surface area contributed by atoms with Crippen molar-refractivity contribution in [1.29, 1.82) is 0 Å². The molecule has 0 radical (unpaired) electrons. The van der Waals surface area contributed by atoms with E-state index in [2.05, 4.69) is 0 Å². The molecule has 7 heteroatoms. The minimum absolute atomic E-state index is 0.185. The van der Waals surface area contributed by atoms with Crippen molar-refractivity contribution in [2.75, 3.05) is 30.6 Å². The topological polar surface area (TPSA) is 53.1 Å². The molecule has 0 aromatic heterocycles. The van der Waals surface area contributed by atoms with Crippen LogP contribution in [0.15, 0.2) is 48.5 Å². The number of likely N-dealkylation sites (tertiary alicyclic amines) is 1. The summed E-state index contributed by atoms with van der Waals surface area (Å²) in [5.74, 6) is -1.03. The molecule has 0 saturated carbocycles. The highest BCUT2D eigenvalue weighted by molar-refractivity contribution is 6.30. The molecular weight excluding hydrogens is 378 g/mol. The Hall–Kier alpha value is -2.57. The summed E-state index contributed by atoms with van der Waals surface area (Å²) < 4.78 is 0. The lowest BCUT2D eigenvalue weighted by molar-refractivity contribution is -0.142. The molecule has 2 saturated heterocycles. The Morgan fingerprint density at radius 2 is 1.64 bits per heavy atom. The monoisotopic (exact) mass is 399 g/mol. The Labute approximate surface area is 169 Å². The summed E-state index contributed by atoms with van der Waals surface area (Å²) in [6.07, 6.45) is -0.804. The highest BCUT2D eigenvalue weighted by Crippen LogP contribution is 2.46. The second-order valence-corrected chi connectivity index (χ2v) is 7.64. The minimum Gasteiger partial charge on any atom is -0.378 e. The number of carbonyl (C=O) groups excluding carboxylic acids is 2. The fourth-order valence-electron chi connectivity index (χ4n) is 3.90. The number of hydroxylamine groups is 1. The lowest BCUT2D eigenvalue weighted by atomic mass is 9.90. The van der Waals surface area contributed by atoms with Gasteiger partial charge < -0.3 is 4.90 Å². The smallest absolute Gasteiger partial charge is 0.261 e.